The molecule has 3 nitrogen and oxygen atoms in total. The van der Waals surface area contributed by atoms with Crippen LogP contribution in [-0.2, 0) is 0 Å². The van der Waals surface area contributed by atoms with Crippen LogP contribution in [0, 0.1) is 18.3 Å². The van der Waals surface area contributed by atoms with E-state index in [4.69, 9.17) is 5.26 Å². The zero-order chi connectivity index (χ0) is 10.6. The number of aryl methyl sites for hydroxylation is 1. The third kappa shape index (κ3) is 2.86. The van der Waals surface area contributed by atoms with Gasteiger partial charge in [-0.1, -0.05) is 0 Å². The van der Waals surface area contributed by atoms with Crippen molar-refractivity contribution in [2.24, 2.45) is 0 Å². The second kappa shape index (κ2) is 4.77. The van der Waals surface area contributed by atoms with E-state index in [2.05, 4.69) is 5.32 Å². The molecule has 1 aromatic heterocycles. The van der Waals surface area contributed by atoms with Crippen LogP contribution >= 0.6 is 11.3 Å². The predicted octanol–water partition coefficient (Wildman–Crippen LogP) is 2.09. The van der Waals surface area contributed by atoms with Crippen molar-refractivity contribution in [3.05, 3.63) is 21.9 Å². The molecule has 0 aliphatic rings. The summed E-state index contributed by atoms with van der Waals surface area (Å²) < 4.78 is 0. The van der Waals surface area contributed by atoms with Gasteiger partial charge in [0.15, 0.2) is 0 Å². The highest BCUT2D eigenvalue weighted by atomic mass is 32.1. The first-order valence-corrected chi connectivity index (χ1v) is 5.19. The number of rotatable bonds is 3. The van der Waals surface area contributed by atoms with Crippen molar-refractivity contribution < 1.29 is 4.79 Å². The van der Waals surface area contributed by atoms with Gasteiger partial charge >= 0.3 is 0 Å². The third-order valence-corrected chi connectivity index (χ3v) is 2.74. The molecule has 14 heavy (non-hydrogen) atoms. The lowest BCUT2D eigenvalue weighted by Gasteiger charge is -2.08. The Morgan fingerprint density at radius 1 is 1.71 bits per heavy atom. The Bertz CT molecular complexity index is 364. The molecule has 0 spiro atoms. The molecular formula is C10H12N2OS. The maximum absolute atomic E-state index is 11.5. The van der Waals surface area contributed by atoms with Gasteiger partial charge in [-0.2, -0.15) is 5.26 Å². The standard InChI is InChI=1S/C10H12N2OS/c1-7(5-6-11)12-10(13)9-4-3-8(2)14-9/h3-4,7H,5H2,1-2H3,(H,12,13). The number of hydrogen-bond donors (Lipinski definition) is 1. The lowest BCUT2D eigenvalue weighted by atomic mass is 10.2. The second-order valence-electron chi connectivity index (χ2n) is 3.15. The van der Waals surface area contributed by atoms with Crippen LogP contribution in [0.25, 0.3) is 0 Å². The van der Waals surface area contributed by atoms with Crippen LogP contribution in [0.2, 0.25) is 0 Å². The van der Waals surface area contributed by atoms with E-state index in [1.54, 1.807) is 6.07 Å². The molecule has 0 saturated heterocycles. The molecule has 1 rings (SSSR count). The summed E-state index contributed by atoms with van der Waals surface area (Å²) in [4.78, 5) is 13.3. The van der Waals surface area contributed by atoms with Gasteiger partial charge in [-0.3, -0.25) is 4.79 Å². The minimum atomic E-state index is -0.0918. The molecule has 0 aliphatic heterocycles. The summed E-state index contributed by atoms with van der Waals surface area (Å²) in [6.07, 6.45) is 0.343. The summed E-state index contributed by atoms with van der Waals surface area (Å²) in [6.45, 7) is 3.78. The van der Waals surface area contributed by atoms with Gasteiger partial charge in [0.2, 0.25) is 0 Å². The van der Waals surface area contributed by atoms with Gasteiger partial charge in [0.1, 0.15) is 0 Å². The third-order valence-electron chi connectivity index (χ3n) is 1.74. The summed E-state index contributed by atoms with van der Waals surface area (Å²) in [5.41, 5.74) is 0. The lowest BCUT2D eigenvalue weighted by molar-refractivity contribution is 0.0945. The zero-order valence-electron chi connectivity index (χ0n) is 8.20. The fraction of sp³-hybridized carbons (Fsp3) is 0.400. The van der Waals surface area contributed by atoms with Crippen LogP contribution in [0.3, 0.4) is 0 Å². The number of hydrogen-bond acceptors (Lipinski definition) is 3. The highest BCUT2D eigenvalue weighted by Crippen LogP contribution is 2.14. The fourth-order valence-corrected chi connectivity index (χ4v) is 1.81. The van der Waals surface area contributed by atoms with Gasteiger partial charge < -0.3 is 5.32 Å². The van der Waals surface area contributed by atoms with Crippen molar-refractivity contribution in [3.8, 4) is 6.07 Å². The second-order valence-corrected chi connectivity index (χ2v) is 4.43. The van der Waals surface area contributed by atoms with Crippen molar-refractivity contribution in [2.45, 2.75) is 26.3 Å². The van der Waals surface area contributed by atoms with Gasteiger partial charge in [0, 0.05) is 10.9 Å². The van der Waals surface area contributed by atoms with E-state index in [1.807, 2.05) is 26.0 Å². The van der Waals surface area contributed by atoms with E-state index >= 15 is 0 Å². The fourth-order valence-electron chi connectivity index (χ4n) is 1.04. The molecule has 0 aromatic carbocycles. The molecule has 4 heteroatoms. The smallest absolute Gasteiger partial charge is 0.261 e. The molecule has 1 atom stereocenters. The van der Waals surface area contributed by atoms with Crippen molar-refractivity contribution in [2.75, 3.05) is 0 Å². The van der Waals surface area contributed by atoms with Gasteiger partial charge in [-0.25, -0.2) is 0 Å². The van der Waals surface area contributed by atoms with E-state index in [9.17, 15) is 4.79 Å². The highest BCUT2D eigenvalue weighted by Gasteiger charge is 2.10. The molecule has 1 amide bonds. The molecule has 0 fully saturated rings. The normalized spacial score (nSPS) is 11.8. The lowest BCUT2D eigenvalue weighted by Crippen LogP contribution is -2.31. The number of nitrogens with one attached hydrogen (secondary N) is 1. The Kier molecular flexibility index (Phi) is 3.66. The summed E-state index contributed by atoms with van der Waals surface area (Å²) in [7, 11) is 0. The minimum absolute atomic E-state index is 0.0880. The monoisotopic (exact) mass is 208 g/mol. The molecule has 0 radical (unpaired) electrons. The summed E-state index contributed by atoms with van der Waals surface area (Å²) in [6, 6.07) is 5.64. The van der Waals surface area contributed by atoms with E-state index in [0.717, 1.165) is 4.88 Å². The number of carbonyl (C=O) groups excluding carboxylic acids is 1. The quantitative estimate of drug-likeness (QED) is 0.826. The maximum Gasteiger partial charge on any atom is 0.261 e. The van der Waals surface area contributed by atoms with Crippen molar-refractivity contribution in [3.63, 3.8) is 0 Å². The molecule has 1 N–H and O–H groups in total. The Labute approximate surface area is 87.4 Å². The van der Waals surface area contributed by atoms with Gasteiger partial charge in [0.05, 0.1) is 17.4 Å². The largest absolute Gasteiger partial charge is 0.348 e. The number of nitrogens with zero attached hydrogens (tertiary/aromatic N) is 1. The van der Waals surface area contributed by atoms with Crippen LogP contribution in [0.4, 0.5) is 0 Å². The first-order valence-electron chi connectivity index (χ1n) is 4.37. The SMILES string of the molecule is Cc1ccc(C(=O)NC(C)CC#N)s1. The molecule has 0 aliphatic carbocycles. The zero-order valence-corrected chi connectivity index (χ0v) is 9.02. The van der Waals surface area contributed by atoms with Crippen molar-refractivity contribution >= 4 is 17.2 Å². The van der Waals surface area contributed by atoms with E-state index < -0.39 is 0 Å². The molecule has 0 saturated carbocycles. The Balaban J connectivity index is 2.55. The van der Waals surface area contributed by atoms with E-state index in [-0.39, 0.29) is 11.9 Å². The summed E-state index contributed by atoms with van der Waals surface area (Å²) in [5, 5.41) is 11.2. The Morgan fingerprint density at radius 3 is 2.93 bits per heavy atom. The molecule has 1 unspecified atom stereocenters. The van der Waals surface area contributed by atoms with Crippen LogP contribution in [-0.4, -0.2) is 11.9 Å². The van der Waals surface area contributed by atoms with Gasteiger partial charge in [-0.15, -0.1) is 11.3 Å². The van der Waals surface area contributed by atoms with Crippen molar-refractivity contribution in [1.82, 2.24) is 5.32 Å². The number of amides is 1. The first kappa shape index (κ1) is 10.7. The first-order chi connectivity index (χ1) is 6.63. The molecule has 1 aromatic rings. The van der Waals surface area contributed by atoms with Crippen LogP contribution in [0.1, 0.15) is 27.9 Å². The topological polar surface area (TPSA) is 52.9 Å². The summed E-state index contributed by atoms with van der Waals surface area (Å²) in [5.74, 6) is -0.0918. The maximum atomic E-state index is 11.5. The predicted molar refractivity (Wildman–Crippen MR) is 56.2 cm³/mol. The van der Waals surface area contributed by atoms with Crippen molar-refractivity contribution in [1.29, 1.82) is 5.26 Å². The average Bonchev–Trinajstić information content (AvgIpc) is 2.52. The Morgan fingerprint density at radius 2 is 2.43 bits per heavy atom. The number of carbonyl (C=O) groups is 1. The van der Waals surface area contributed by atoms with Gasteiger partial charge in [0.25, 0.3) is 5.91 Å². The molecule has 1 heterocycles. The Hall–Kier alpha value is -1.34. The van der Waals surface area contributed by atoms with E-state index in [0.29, 0.717) is 11.3 Å². The average molecular weight is 208 g/mol. The number of thiophene rings is 1. The molecule has 0 bridgehead atoms. The molecular weight excluding hydrogens is 196 g/mol. The van der Waals surface area contributed by atoms with Crippen LogP contribution < -0.4 is 5.32 Å². The van der Waals surface area contributed by atoms with Crippen LogP contribution in [0.15, 0.2) is 12.1 Å². The van der Waals surface area contributed by atoms with Gasteiger partial charge in [-0.05, 0) is 26.0 Å². The van der Waals surface area contributed by atoms with Crippen LogP contribution in [0.5, 0.6) is 0 Å². The summed E-state index contributed by atoms with van der Waals surface area (Å²) >= 11 is 1.46. The number of nitriles is 1. The minimum Gasteiger partial charge on any atom is -0.348 e. The highest BCUT2D eigenvalue weighted by molar-refractivity contribution is 7.13. The molecule has 74 valence electrons. The van der Waals surface area contributed by atoms with E-state index in [1.165, 1.54) is 11.3 Å².